The molecule has 64 heavy (non-hydrogen) atoms. The van der Waals surface area contributed by atoms with Crippen LogP contribution < -0.4 is 36.0 Å². The molecule has 2 unspecified atom stereocenters. The minimum Gasteiger partial charge on any atom is -0.371 e. The number of urea groups is 1. The molecule has 0 radical (unpaired) electrons. The monoisotopic (exact) mass is 873 g/mol. The topological polar surface area (TPSA) is 197 Å². The van der Waals surface area contributed by atoms with Crippen molar-refractivity contribution in [2.75, 3.05) is 104 Å². The van der Waals surface area contributed by atoms with Crippen molar-refractivity contribution in [2.24, 2.45) is 11.7 Å². The molecule has 334 valence electrons. The third kappa shape index (κ3) is 7.64. The second-order valence-electron chi connectivity index (χ2n) is 17.8. The van der Waals surface area contributed by atoms with E-state index in [9.17, 15) is 24.0 Å². The van der Waals surface area contributed by atoms with E-state index in [1.54, 1.807) is 29.0 Å². The van der Waals surface area contributed by atoms with Crippen molar-refractivity contribution >= 4 is 74.9 Å². The quantitative estimate of drug-likeness (QED) is 0.197. The highest BCUT2D eigenvalue weighted by molar-refractivity contribution is 6.28. The molecule has 6 aliphatic heterocycles. The number of nitrogens with two attached hydrogens (primary N) is 1. The minimum absolute atomic E-state index is 0.00273. The second kappa shape index (κ2) is 16.8. The second-order valence-corrected chi connectivity index (χ2v) is 17.8. The van der Waals surface area contributed by atoms with Crippen LogP contribution in [0.15, 0.2) is 48.5 Å². The number of benzene rings is 3. The van der Waals surface area contributed by atoms with Crippen molar-refractivity contribution in [3.63, 3.8) is 0 Å². The minimum atomic E-state index is -0.811. The molecule has 0 saturated carbocycles. The van der Waals surface area contributed by atoms with E-state index in [4.69, 9.17) is 5.73 Å². The molecule has 0 spiro atoms. The molecule has 3 aromatic carbocycles. The number of carbonyl (C=O) groups is 5. The van der Waals surface area contributed by atoms with E-state index in [-0.39, 0.29) is 41.8 Å². The number of hydrogen-bond donors (Lipinski definition) is 3. The number of piperazine rings is 1. The molecule has 1 aromatic heterocycles. The van der Waals surface area contributed by atoms with Gasteiger partial charge in [0.05, 0.1) is 17.4 Å². The maximum absolute atomic E-state index is 15.8. The van der Waals surface area contributed by atoms with E-state index in [1.165, 1.54) is 6.07 Å². The highest BCUT2D eigenvalue weighted by Crippen LogP contribution is 2.44. The van der Waals surface area contributed by atoms with Crippen LogP contribution in [0.25, 0.3) is 10.8 Å². The number of piperidine rings is 3. The van der Waals surface area contributed by atoms with Crippen molar-refractivity contribution < 1.29 is 28.4 Å². The van der Waals surface area contributed by atoms with E-state index < -0.39 is 23.7 Å². The Hall–Kier alpha value is -6.63. The zero-order chi connectivity index (χ0) is 44.2. The van der Waals surface area contributed by atoms with Gasteiger partial charge in [-0.1, -0.05) is 12.1 Å². The molecule has 4 N–H and O–H groups in total. The Kier molecular flexibility index (Phi) is 10.9. The van der Waals surface area contributed by atoms with Crippen LogP contribution in [0.1, 0.15) is 59.4 Å². The summed E-state index contributed by atoms with van der Waals surface area (Å²) in [5, 5.41) is 15.6. The Morgan fingerprint density at radius 2 is 1.61 bits per heavy atom. The summed E-state index contributed by atoms with van der Waals surface area (Å²) in [5.74, 6) is -1.26. The number of rotatable bonds is 10. The van der Waals surface area contributed by atoms with Gasteiger partial charge in [0.2, 0.25) is 17.8 Å². The zero-order valence-electron chi connectivity index (χ0n) is 35.8. The van der Waals surface area contributed by atoms with Gasteiger partial charge in [-0.2, -0.15) is 4.98 Å². The number of carbonyl (C=O) groups excluding carboxylic acids is 5. The predicted molar refractivity (Wildman–Crippen MR) is 239 cm³/mol. The van der Waals surface area contributed by atoms with Crippen molar-refractivity contribution in [3.8, 4) is 0 Å². The molecule has 5 saturated heterocycles. The van der Waals surface area contributed by atoms with E-state index >= 15 is 4.39 Å². The molecule has 10 rings (SSSR count). The molecule has 4 aromatic rings. The summed E-state index contributed by atoms with van der Waals surface area (Å²) in [6, 6.07) is 14.0. The molecule has 0 bridgehead atoms. The first-order valence-corrected chi connectivity index (χ1v) is 22.3. The fourth-order valence-electron chi connectivity index (χ4n) is 10.5. The van der Waals surface area contributed by atoms with Gasteiger partial charge < -0.3 is 35.6 Å². The number of primary amides is 1. The molecule has 19 heteroatoms. The van der Waals surface area contributed by atoms with Crippen molar-refractivity contribution in [1.29, 1.82) is 0 Å². The fraction of sp³-hybridized carbons (Fsp3) is 0.467. The Balaban J connectivity index is 0.738. The lowest BCUT2D eigenvalue weighted by Gasteiger charge is -2.40. The first kappa shape index (κ1) is 41.4. The smallest absolute Gasteiger partial charge is 0.320 e. The molecule has 0 aliphatic carbocycles. The van der Waals surface area contributed by atoms with Crippen LogP contribution in [0.2, 0.25) is 0 Å². The maximum atomic E-state index is 15.8. The summed E-state index contributed by atoms with van der Waals surface area (Å²) in [7, 11) is 1.80. The van der Waals surface area contributed by atoms with Gasteiger partial charge in [-0.25, -0.2) is 9.18 Å². The van der Waals surface area contributed by atoms with Crippen molar-refractivity contribution in [1.82, 2.24) is 35.2 Å². The molecule has 18 nitrogen and oxygen atoms in total. The number of halogens is 1. The molecular weight excluding hydrogens is 822 g/mol. The van der Waals surface area contributed by atoms with Crippen LogP contribution in [-0.4, -0.2) is 151 Å². The highest BCUT2D eigenvalue weighted by atomic mass is 19.1. The molecular formula is C45H52FN13O5. The summed E-state index contributed by atoms with van der Waals surface area (Å²) in [4.78, 5) is 82.0. The first-order valence-electron chi connectivity index (χ1n) is 22.3. The Labute approximate surface area is 369 Å². The standard InChI is InChI=1S/C45H52FN13O5/c1-53-18-23-58(45(53)64)29-4-3-15-57(26-29)44-50-41(39(40(47)61)51-52-44)48-28-7-8-34(32(46)24-28)56-21-19-54(20-22-56)25-27-13-16-55(17-14-27)33-9-10-35-38-30(33)5-2-6-31(38)43(63)59(35)36-11-12-37(60)49-42(36)62/h2,5-10,24,27,29,36H,3-4,11-23,25-26H2,1H3,(H2,47,61)(H,48,50,52)(H,49,60,62). The summed E-state index contributed by atoms with van der Waals surface area (Å²) >= 11 is 0. The van der Waals surface area contributed by atoms with Gasteiger partial charge in [0.15, 0.2) is 11.5 Å². The summed E-state index contributed by atoms with van der Waals surface area (Å²) < 4.78 is 15.8. The highest BCUT2D eigenvalue weighted by Gasteiger charge is 2.41. The zero-order valence-corrected chi connectivity index (χ0v) is 35.8. The number of amides is 6. The SMILES string of the molecule is CN1CCN(C2CCCN(c3nnc(C(N)=O)c(Nc4ccc(N5CCN(CC6CCN(c7ccc8c9c(cccc79)C(=O)N8C7CCC(=O)NC7=O)CC6)CC5)c(F)c4)n3)C2)C1=O. The van der Waals surface area contributed by atoms with Crippen molar-refractivity contribution in [3.05, 3.63) is 65.6 Å². The third-order valence-electron chi connectivity index (χ3n) is 13.9. The van der Waals surface area contributed by atoms with Crippen LogP contribution in [0, 0.1) is 11.7 Å². The largest absolute Gasteiger partial charge is 0.371 e. The van der Waals surface area contributed by atoms with Crippen LogP contribution in [0.4, 0.5) is 43.7 Å². The van der Waals surface area contributed by atoms with Gasteiger partial charge in [-0.3, -0.25) is 34.3 Å². The Morgan fingerprint density at radius 3 is 2.34 bits per heavy atom. The van der Waals surface area contributed by atoms with Gasteiger partial charge in [0.1, 0.15) is 11.9 Å². The lowest BCUT2D eigenvalue weighted by molar-refractivity contribution is -0.134. The first-order chi connectivity index (χ1) is 31.0. The third-order valence-corrected chi connectivity index (χ3v) is 13.9. The maximum Gasteiger partial charge on any atom is 0.320 e. The summed E-state index contributed by atoms with van der Waals surface area (Å²) in [5.41, 5.74) is 8.77. The fourth-order valence-corrected chi connectivity index (χ4v) is 10.5. The van der Waals surface area contributed by atoms with Gasteiger partial charge in [0, 0.05) is 113 Å². The van der Waals surface area contributed by atoms with Crippen LogP contribution >= 0.6 is 0 Å². The van der Waals surface area contributed by atoms with Crippen LogP contribution in [0.3, 0.4) is 0 Å². The van der Waals surface area contributed by atoms with Gasteiger partial charge in [-0.05, 0) is 74.4 Å². The van der Waals surface area contributed by atoms with Gasteiger partial charge >= 0.3 is 6.03 Å². The molecule has 5 fully saturated rings. The predicted octanol–water partition coefficient (Wildman–Crippen LogP) is 3.15. The molecule has 6 aliphatic rings. The van der Waals surface area contributed by atoms with Gasteiger partial charge in [0.25, 0.3) is 11.8 Å². The average Bonchev–Trinajstić information content (AvgIpc) is 3.78. The molecule has 6 amide bonds. The molecule has 2 atom stereocenters. The number of nitrogens with zero attached hydrogens (tertiary/aromatic N) is 10. The van der Waals surface area contributed by atoms with Crippen LogP contribution in [-0.2, 0) is 9.59 Å². The average molecular weight is 874 g/mol. The van der Waals surface area contributed by atoms with Crippen molar-refractivity contribution in [2.45, 2.75) is 50.6 Å². The number of anilines is 6. The number of likely N-dealkylation sites (N-methyl/N-ethyl adjacent to an activating group) is 1. The van der Waals surface area contributed by atoms with Gasteiger partial charge in [-0.15, -0.1) is 10.2 Å². The number of nitrogens with one attached hydrogen (secondary N) is 2. The van der Waals surface area contributed by atoms with E-state index in [0.29, 0.717) is 74.5 Å². The Bertz CT molecular complexity index is 2540. The van der Waals surface area contributed by atoms with E-state index in [2.05, 4.69) is 46.6 Å². The number of hydrogen-bond acceptors (Lipinski definition) is 13. The van der Waals surface area contributed by atoms with E-state index in [1.807, 2.05) is 34.1 Å². The molecule has 7 heterocycles. The Morgan fingerprint density at radius 1 is 0.844 bits per heavy atom. The summed E-state index contributed by atoms with van der Waals surface area (Å²) in [6.45, 7) is 8.25. The van der Waals surface area contributed by atoms with Crippen LogP contribution in [0.5, 0.6) is 0 Å². The lowest BCUT2D eigenvalue weighted by Crippen LogP contribution is -2.53. The summed E-state index contributed by atoms with van der Waals surface area (Å²) in [6.07, 6.45) is 4.24. The lowest BCUT2D eigenvalue weighted by atomic mass is 9.94. The van der Waals surface area contributed by atoms with E-state index in [0.717, 1.165) is 80.6 Å². The number of imide groups is 1. The number of aromatic nitrogens is 3. The normalized spacial score (nSPS) is 22.3.